The molecule has 0 bridgehead atoms. The number of aromatic amines is 1. The van der Waals surface area contributed by atoms with Crippen LogP contribution in [0, 0.1) is 0 Å². The van der Waals surface area contributed by atoms with Crippen molar-refractivity contribution in [3.8, 4) is 0 Å². The van der Waals surface area contributed by atoms with Crippen molar-refractivity contribution >= 4 is 19.9 Å². The Morgan fingerprint density at radius 3 is 2.38 bits per heavy atom. The lowest BCUT2D eigenvalue weighted by Gasteiger charge is -2.42. The predicted molar refractivity (Wildman–Crippen MR) is 100 cm³/mol. The van der Waals surface area contributed by atoms with Gasteiger partial charge in [-0.15, -0.1) is 11.6 Å². The largest absolute Gasteiger partial charge is 0.409 e. The van der Waals surface area contributed by atoms with Crippen LogP contribution >= 0.6 is 11.6 Å². The van der Waals surface area contributed by atoms with Gasteiger partial charge in [-0.05, 0) is 18.1 Å². The summed E-state index contributed by atoms with van der Waals surface area (Å²) in [5.74, 6) is 0. The van der Waals surface area contributed by atoms with Crippen LogP contribution in [-0.4, -0.2) is 58.4 Å². The molecule has 8 nitrogen and oxygen atoms in total. The maximum absolute atomic E-state index is 12.1. The highest BCUT2D eigenvalue weighted by Gasteiger charge is 2.58. The zero-order valence-electron chi connectivity index (χ0n) is 15.7. The molecule has 148 valence electrons. The van der Waals surface area contributed by atoms with Crippen LogP contribution in [0.5, 0.6) is 0 Å². The van der Waals surface area contributed by atoms with E-state index in [-0.39, 0.29) is 5.04 Å². The number of halogens is 1. The lowest BCUT2D eigenvalue weighted by Crippen LogP contribution is -2.56. The monoisotopic (exact) mass is 406 g/mol. The van der Waals surface area contributed by atoms with Crippen LogP contribution in [-0.2, 0) is 9.16 Å². The summed E-state index contributed by atoms with van der Waals surface area (Å²) in [7, 11) is -2.32. The van der Waals surface area contributed by atoms with Crippen molar-refractivity contribution < 1.29 is 19.4 Å². The molecule has 0 amide bonds. The summed E-state index contributed by atoms with van der Waals surface area (Å²) in [6, 6.07) is 1.18. The summed E-state index contributed by atoms with van der Waals surface area (Å²) in [5, 5.41) is 18.9. The number of alkyl halides is 1. The van der Waals surface area contributed by atoms with Crippen LogP contribution in [0.15, 0.2) is 21.9 Å². The molecule has 1 aliphatic heterocycles. The van der Waals surface area contributed by atoms with Crippen molar-refractivity contribution in [3.05, 3.63) is 33.1 Å². The molecule has 0 spiro atoms. The van der Waals surface area contributed by atoms with Crippen molar-refractivity contribution in [2.24, 2.45) is 0 Å². The minimum absolute atomic E-state index is 0.132. The number of aromatic nitrogens is 2. The fraction of sp³-hybridized carbons (Fsp3) is 0.750. The molecule has 3 atom stereocenters. The van der Waals surface area contributed by atoms with Gasteiger partial charge in [-0.2, -0.15) is 0 Å². The van der Waals surface area contributed by atoms with Crippen molar-refractivity contribution in [1.82, 2.24) is 9.55 Å². The van der Waals surface area contributed by atoms with E-state index >= 15 is 0 Å². The number of aliphatic hydroxyl groups is 2. The van der Waals surface area contributed by atoms with E-state index in [4.69, 9.17) is 20.8 Å². The molecule has 1 aromatic rings. The van der Waals surface area contributed by atoms with Crippen LogP contribution in [0.25, 0.3) is 0 Å². The molecule has 1 fully saturated rings. The number of nitrogens with one attached hydrogen (secondary N) is 1. The van der Waals surface area contributed by atoms with Gasteiger partial charge in [0.2, 0.25) is 0 Å². The Kier molecular flexibility index (Phi) is 5.92. The first-order valence-corrected chi connectivity index (χ1v) is 11.8. The van der Waals surface area contributed by atoms with Gasteiger partial charge in [0.25, 0.3) is 5.56 Å². The first kappa shape index (κ1) is 21.3. The van der Waals surface area contributed by atoms with E-state index in [9.17, 15) is 19.8 Å². The highest BCUT2D eigenvalue weighted by atomic mass is 35.5. The van der Waals surface area contributed by atoms with E-state index in [1.165, 1.54) is 12.3 Å². The molecule has 3 N–H and O–H groups in total. The molecule has 2 rings (SSSR count). The zero-order valence-corrected chi connectivity index (χ0v) is 17.4. The molecule has 10 heteroatoms. The summed E-state index contributed by atoms with van der Waals surface area (Å²) >= 11 is 6.59. The van der Waals surface area contributed by atoms with E-state index in [0.29, 0.717) is 0 Å². The number of hydrogen-bond donors (Lipinski definition) is 3. The van der Waals surface area contributed by atoms with Gasteiger partial charge < -0.3 is 19.4 Å². The van der Waals surface area contributed by atoms with Gasteiger partial charge in [0.15, 0.2) is 14.5 Å². The smallest absolute Gasteiger partial charge is 0.330 e. The van der Waals surface area contributed by atoms with E-state index < -0.39 is 56.1 Å². The first-order chi connectivity index (χ1) is 11.9. The van der Waals surface area contributed by atoms with Gasteiger partial charge in [-0.3, -0.25) is 14.3 Å². The molecule has 26 heavy (non-hydrogen) atoms. The fourth-order valence-corrected chi connectivity index (χ4v) is 4.51. The van der Waals surface area contributed by atoms with E-state index in [2.05, 4.69) is 25.8 Å². The van der Waals surface area contributed by atoms with Gasteiger partial charge in [0.1, 0.15) is 11.0 Å². The summed E-state index contributed by atoms with van der Waals surface area (Å²) < 4.78 is 13.3. The van der Waals surface area contributed by atoms with Crippen LogP contribution in [0.2, 0.25) is 18.1 Å². The molecule has 1 aliphatic rings. The molecule has 0 aromatic carbocycles. The van der Waals surface area contributed by atoms with Crippen molar-refractivity contribution in [2.75, 3.05) is 13.2 Å². The van der Waals surface area contributed by atoms with Crippen molar-refractivity contribution in [2.45, 2.75) is 62.2 Å². The molecule has 0 saturated carbocycles. The van der Waals surface area contributed by atoms with Gasteiger partial charge >= 0.3 is 5.69 Å². The van der Waals surface area contributed by atoms with Crippen molar-refractivity contribution in [1.29, 1.82) is 0 Å². The maximum atomic E-state index is 12.1. The Hall–Kier alpha value is -0.973. The minimum Gasteiger partial charge on any atom is -0.409 e. The SMILES string of the molecule is CC(C)(C)[Si](C)(C)O[C@H]1[C@@H](Cl)[C@H](n2ccc(=O)[nH]c2=O)OC1(CO)CO. The Bertz CT molecular complexity index is 752. The third kappa shape index (κ3) is 3.69. The maximum Gasteiger partial charge on any atom is 0.330 e. The number of H-pyrrole nitrogens is 1. The summed E-state index contributed by atoms with van der Waals surface area (Å²) in [6.07, 6.45) is -0.561. The highest BCUT2D eigenvalue weighted by Crippen LogP contribution is 2.46. The molecular formula is C16H27ClN2O6Si. The van der Waals surface area contributed by atoms with E-state index in [1.54, 1.807) is 0 Å². The molecule has 0 aliphatic carbocycles. The molecule has 0 unspecified atom stereocenters. The van der Waals surface area contributed by atoms with Gasteiger partial charge in [0, 0.05) is 12.3 Å². The predicted octanol–water partition coefficient (Wildman–Crippen LogP) is 0.787. The third-order valence-electron chi connectivity index (χ3n) is 5.32. The average molecular weight is 407 g/mol. The Labute approximate surface area is 157 Å². The normalized spacial score (nSPS) is 26.2. The van der Waals surface area contributed by atoms with Crippen LogP contribution in [0.1, 0.15) is 27.0 Å². The Morgan fingerprint density at radius 1 is 1.35 bits per heavy atom. The molecule has 0 radical (unpaired) electrons. The van der Waals surface area contributed by atoms with Crippen LogP contribution in [0.4, 0.5) is 0 Å². The van der Waals surface area contributed by atoms with Crippen LogP contribution in [0.3, 0.4) is 0 Å². The molecule has 1 saturated heterocycles. The molecule has 1 aromatic heterocycles. The van der Waals surface area contributed by atoms with E-state index in [1.807, 2.05) is 13.1 Å². The van der Waals surface area contributed by atoms with Gasteiger partial charge in [0.05, 0.1) is 19.3 Å². The average Bonchev–Trinajstić information content (AvgIpc) is 2.80. The first-order valence-electron chi connectivity index (χ1n) is 8.41. The molecule has 2 heterocycles. The van der Waals surface area contributed by atoms with Gasteiger partial charge in [-0.1, -0.05) is 20.8 Å². The Morgan fingerprint density at radius 2 is 1.92 bits per heavy atom. The second-order valence-electron chi connectivity index (χ2n) is 8.15. The highest BCUT2D eigenvalue weighted by molar-refractivity contribution is 6.74. The number of rotatable bonds is 5. The summed E-state index contributed by atoms with van der Waals surface area (Å²) in [4.78, 5) is 25.6. The van der Waals surface area contributed by atoms with Gasteiger partial charge in [-0.25, -0.2) is 4.79 Å². The standard InChI is InChI=1S/C16H27ClN2O6Si/c1-15(2,3)26(4,5)25-12-11(17)13(24-16(12,8-20)9-21)19-7-6-10(22)18-14(19)23/h6-7,11-13,20-21H,8-9H2,1-5H3,(H,18,22,23)/t11-,12+,13-/m1/s1. The van der Waals surface area contributed by atoms with Crippen molar-refractivity contribution in [3.63, 3.8) is 0 Å². The summed E-state index contributed by atoms with van der Waals surface area (Å²) in [5.41, 5.74) is -2.69. The zero-order chi connectivity index (χ0) is 19.9. The second kappa shape index (κ2) is 7.21. The fourth-order valence-electron chi connectivity index (χ4n) is 2.62. The third-order valence-corrected chi connectivity index (χ3v) is 10.2. The lowest BCUT2D eigenvalue weighted by molar-refractivity contribution is -0.147. The number of hydrogen-bond acceptors (Lipinski definition) is 6. The number of aliphatic hydroxyl groups excluding tert-OH is 2. The number of nitrogens with zero attached hydrogens (tertiary/aromatic N) is 1. The second-order valence-corrected chi connectivity index (χ2v) is 13.4. The summed E-state index contributed by atoms with van der Waals surface area (Å²) in [6.45, 7) is 9.16. The quantitative estimate of drug-likeness (QED) is 0.492. The van der Waals surface area contributed by atoms with E-state index in [0.717, 1.165) is 4.57 Å². The molecular weight excluding hydrogens is 380 g/mol. The topological polar surface area (TPSA) is 114 Å². The Balaban J connectivity index is 2.46. The minimum atomic E-state index is -2.32. The van der Waals surface area contributed by atoms with Crippen LogP contribution < -0.4 is 11.2 Å². The lowest BCUT2D eigenvalue weighted by atomic mass is 9.99. The number of ether oxygens (including phenoxy) is 1.